The standard InChI is InChI=1S/C20H29N3O3/c1-16-7-8-17(14-19(16)24-3)9-11-23-20(21-2)22-10-5-12-25-15-18-6-4-13-26-18/h4,6-8,13-14H,5,9-12,15H2,1-3H3,(H2,21,22,23). The number of aryl methyl sites for hydroxylation is 1. The van der Waals surface area contributed by atoms with Crippen LogP contribution in [-0.4, -0.2) is 39.8 Å². The fraction of sp³-hybridized carbons (Fsp3) is 0.450. The average molecular weight is 359 g/mol. The van der Waals surface area contributed by atoms with Gasteiger partial charge in [0.05, 0.1) is 13.4 Å². The molecule has 0 fully saturated rings. The predicted molar refractivity (Wildman–Crippen MR) is 104 cm³/mol. The van der Waals surface area contributed by atoms with Crippen molar-refractivity contribution in [2.75, 3.05) is 33.9 Å². The van der Waals surface area contributed by atoms with Crippen LogP contribution in [0.4, 0.5) is 0 Å². The Morgan fingerprint density at radius 1 is 1.19 bits per heavy atom. The van der Waals surface area contributed by atoms with Gasteiger partial charge in [-0.25, -0.2) is 0 Å². The minimum Gasteiger partial charge on any atom is -0.496 e. The normalized spacial score (nSPS) is 11.4. The first-order valence-corrected chi connectivity index (χ1v) is 8.91. The van der Waals surface area contributed by atoms with E-state index in [0.717, 1.165) is 49.0 Å². The Balaban J connectivity index is 1.58. The highest BCUT2D eigenvalue weighted by Crippen LogP contribution is 2.18. The van der Waals surface area contributed by atoms with Crippen LogP contribution in [0.1, 0.15) is 23.3 Å². The average Bonchev–Trinajstić information content (AvgIpc) is 3.17. The van der Waals surface area contributed by atoms with Crippen LogP contribution in [0.5, 0.6) is 5.75 Å². The molecule has 1 aromatic carbocycles. The predicted octanol–water partition coefficient (Wildman–Crippen LogP) is 2.91. The van der Waals surface area contributed by atoms with E-state index in [0.29, 0.717) is 13.2 Å². The lowest BCUT2D eigenvalue weighted by Gasteiger charge is -2.12. The number of aliphatic imine (C=N–C) groups is 1. The van der Waals surface area contributed by atoms with Gasteiger partial charge in [0, 0.05) is 26.7 Å². The number of furan rings is 1. The number of ether oxygens (including phenoxy) is 2. The van der Waals surface area contributed by atoms with Crippen LogP contribution in [0.3, 0.4) is 0 Å². The monoisotopic (exact) mass is 359 g/mol. The van der Waals surface area contributed by atoms with E-state index in [1.54, 1.807) is 20.4 Å². The van der Waals surface area contributed by atoms with E-state index in [-0.39, 0.29) is 0 Å². The first-order chi connectivity index (χ1) is 12.7. The second kappa shape index (κ2) is 11.2. The van der Waals surface area contributed by atoms with Gasteiger partial charge in [-0.15, -0.1) is 0 Å². The Morgan fingerprint density at radius 2 is 2.04 bits per heavy atom. The molecule has 0 saturated carbocycles. The van der Waals surface area contributed by atoms with Gasteiger partial charge in [0.25, 0.3) is 0 Å². The van der Waals surface area contributed by atoms with Crippen LogP contribution in [-0.2, 0) is 17.8 Å². The number of hydrogen-bond acceptors (Lipinski definition) is 4. The Labute approximate surface area is 155 Å². The van der Waals surface area contributed by atoms with Crippen LogP contribution in [0, 0.1) is 6.92 Å². The fourth-order valence-corrected chi connectivity index (χ4v) is 2.51. The van der Waals surface area contributed by atoms with E-state index in [9.17, 15) is 0 Å². The number of methoxy groups -OCH3 is 1. The maximum absolute atomic E-state index is 5.56. The number of hydrogen-bond donors (Lipinski definition) is 2. The number of nitrogens with one attached hydrogen (secondary N) is 2. The molecule has 6 heteroatoms. The molecule has 0 aliphatic carbocycles. The van der Waals surface area contributed by atoms with Crippen molar-refractivity contribution in [2.24, 2.45) is 4.99 Å². The topological polar surface area (TPSA) is 68.0 Å². The van der Waals surface area contributed by atoms with Crippen LogP contribution in [0.15, 0.2) is 46.0 Å². The van der Waals surface area contributed by atoms with Crippen LogP contribution in [0.25, 0.3) is 0 Å². The van der Waals surface area contributed by atoms with E-state index in [1.807, 2.05) is 19.1 Å². The molecule has 0 radical (unpaired) electrons. The van der Waals surface area contributed by atoms with Crippen molar-refractivity contribution >= 4 is 5.96 Å². The highest BCUT2D eigenvalue weighted by Gasteiger charge is 2.02. The number of nitrogens with zero attached hydrogens (tertiary/aromatic N) is 1. The summed E-state index contributed by atoms with van der Waals surface area (Å²) in [6.45, 7) is 4.84. The van der Waals surface area contributed by atoms with E-state index in [2.05, 4.69) is 33.8 Å². The van der Waals surface area contributed by atoms with Gasteiger partial charge in [-0.05, 0) is 49.1 Å². The molecule has 0 aliphatic rings. The molecule has 0 atom stereocenters. The lowest BCUT2D eigenvalue weighted by atomic mass is 10.1. The SMILES string of the molecule is CN=C(NCCCOCc1ccco1)NCCc1ccc(C)c(OC)c1. The second-order valence-electron chi connectivity index (χ2n) is 5.97. The molecule has 1 aromatic heterocycles. The Kier molecular flexibility index (Phi) is 8.55. The number of rotatable bonds is 10. The third kappa shape index (κ3) is 6.80. The van der Waals surface area contributed by atoms with Crippen molar-refractivity contribution in [2.45, 2.75) is 26.4 Å². The van der Waals surface area contributed by atoms with E-state index in [4.69, 9.17) is 13.9 Å². The fourth-order valence-electron chi connectivity index (χ4n) is 2.51. The molecule has 2 aromatic rings. The maximum atomic E-state index is 5.56. The first kappa shape index (κ1) is 19.8. The van der Waals surface area contributed by atoms with Gasteiger partial charge in [0.1, 0.15) is 18.1 Å². The van der Waals surface area contributed by atoms with Crippen molar-refractivity contribution in [1.82, 2.24) is 10.6 Å². The summed E-state index contributed by atoms with van der Waals surface area (Å²) in [5.74, 6) is 2.58. The molecule has 6 nitrogen and oxygen atoms in total. The van der Waals surface area contributed by atoms with Gasteiger partial charge in [-0.3, -0.25) is 4.99 Å². The summed E-state index contributed by atoms with van der Waals surface area (Å²) >= 11 is 0. The molecular weight excluding hydrogens is 330 g/mol. The zero-order chi connectivity index (χ0) is 18.6. The Morgan fingerprint density at radius 3 is 2.77 bits per heavy atom. The molecule has 0 bridgehead atoms. The van der Waals surface area contributed by atoms with Gasteiger partial charge in [0.15, 0.2) is 5.96 Å². The lowest BCUT2D eigenvalue weighted by Crippen LogP contribution is -2.39. The van der Waals surface area contributed by atoms with Crippen molar-refractivity contribution in [1.29, 1.82) is 0 Å². The summed E-state index contributed by atoms with van der Waals surface area (Å²) in [6, 6.07) is 10.1. The van der Waals surface area contributed by atoms with Gasteiger partial charge >= 0.3 is 0 Å². The summed E-state index contributed by atoms with van der Waals surface area (Å²) in [6.07, 6.45) is 3.46. The number of benzene rings is 1. The molecule has 0 amide bonds. The molecule has 0 unspecified atom stereocenters. The van der Waals surface area contributed by atoms with Gasteiger partial charge in [0.2, 0.25) is 0 Å². The molecule has 0 aliphatic heterocycles. The molecular formula is C20H29N3O3. The largest absolute Gasteiger partial charge is 0.496 e. The maximum Gasteiger partial charge on any atom is 0.190 e. The third-order valence-electron chi connectivity index (χ3n) is 3.98. The summed E-state index contributed by atoms with van der Waals surface area (Å²) in [4.78, 5) is 4.24. The highest BCUT2D eigenvalue weighted by molar-refractivity contribution is 5.79. The molecule has 2 rings (SSSR count). The Bertz CT molecular complexity index is 669. The van der Waals surface area contributed by atoms with Crippen molar-refractivity contribution in [3.63, 3.8) is 0 Å². The smallest absolute Gasteiger partial charge is 0.190 e. The van der Waals surface area contributed by atoms with Crippen LogP contribution in [0.2, 0.25) is 0 Å². The lowest BCUT2D eigenvalue weighted by molar-refractivity contribution is 0.105. The quantitative estimate of drug-likeness (QED) is 0.388. The minimum atomic E-state index is 0.514. The molecule has 26 heavy (non-hydrogen) atoms. The van der Waals surface area contributed by atoms with Gasteiger partial charge in [-0.2, -0.15) is 0 Å². The third-order valence-corrected chi connectivity index (χ3v) is 3.98. The molecule has 1 heterocycles. The second-order valence-corrected chi connectivity index (χ2v) is 5.97. The van der Waals surface area contributed by atoms with Gasteiger partial charge in [-0.1, -0.05) is 12.1 Å². The van der Waals surface area contributed by atoms with Gasteiger partial charge < -0.3 is 24.5 Å². The summed E-state index contributed by atoms with van der Waals surface area (Å²) in [5, 5.41) is 6.62. The summed E-state index contributed by atoms with van der Waals surface area (Å²) < 4.78 is 16.1. The minimum absolute atomic E-state index is 0.514. The van der Waals surface area contributed by atoms with Crippen LogP contribution >= 0.6 is 0 Å². The van der Waals surface area contributed by atoms with E-state index < -0.39 is 0 Å². The van der Waals surface area contributed by atoms with E-state index >= 15 is 0 Å². The van der Waals surface area contributed by atoms with E-state index in [1.165, 1.54) is 5.56 Å². The first-order valence-electron chi connectivity index (χ1n) is 8.91. The van der Waals surface area contributed by atoms with Crippen molar-refractivity contribution in [3.05, 3.63) is 53.5 Å². The Hall–Kier alpha value is -2.47. The number of guanidine groups is 1. The summed E-state index contributed by atoms with van der Waals surface area (Å²) in [7, 11) is 3.48. The van der Waals surface area contributed by atoms with Crippen LogP contribution < -0.4 is 15.4 Å². The van der Waals surface area contributed by atoms with Crippen molar-refractivity contribution in [3.8, 4) is 5.75 Å². The highest BCUT2D eigenvalue weighted by atomic mass is 16.5. The molecule has 142 valence electrons. The summed E-state index contributed by atoms with van der Waals surface area (Å²) in [5.41, 5.74) is 2.39. The van der Waals surface area contributed by atoms with Crippen molar-refractivity contribution < 1.29 is 13.9 Å². The molecule has 0 saturated heterocycles. The molecule has 2 N–H and O–H groups in total. The molecule has 0 spiro atoms. The zero-order valence-electron chi connectivity index (χ0n) is 15.9. The zero-order valence-corrected chi connectivity index (χ0v) is 15.9.